The van der Waals surface area contributed by atoms with Gasteiger partial charge in [-0.1, -0.05) is 12.1 Å². The van der Waals surface area contributed by atoms with E-state index in [0.717, 1.165) is 28.3 Å². The third kappa shape index (κ3) is 2.52. The van der Waals surface area contributed by atoms with E-state index < -0.39 is 0 Å². The van der Waals surface area contributed by atoms with Crippen molar-refractivity contribution >= 4 is 17.2 Å². The lowest BCUT2D eigenvalue weighted by Crippen LogP contribution is -2.21. The summed E-state index contributed by atoms with van der Waals surface area (Å²) in [5, 5.41) is 27.2. The molecule has 0 bridgehead atoms. The summed E-state index contributed by atoms with van der Waals surface area (Å²) in [5.41, 5.74) is 4.01. The highest BCUT2D eigenvalue weighted by Gasteiger charge is 2.21. The summed E-state index contributed by atoms with van der Waals surface area (Å²) in [7, 11) is 1.91. The molecule has 24 heavy (non-hydrogen) atoms. The van der Waals surface area contributed by atoms with Gasteiger partial charge in [0.1, 0.15) is 17.3 Å². The molecule has 1 aromatic heterocycles. The molecule has 6 heteroatoms. The van der Waals surface area contributed by atoms with Crippen LogP contribution in [-0.4, -0.2) is 20.0 Å². The Balaban J connectivity index is 1.76. The molecule has 2 aromatic carbocycles. The fraction of sp³-hybridized carbons (Fsp3) is 0.167. The van der Waals surface area contributed by atoms with Gasteiger partial charge in [0.15, 0.2) is 0 Å². The predicted molar refractivity (Wildman–Crippen MR) is 92.6 cm³/mol. The van der Waals surface area contributed by atoms with Crippen LogP contribution in [0.25, 0.3) is 0 Å². The monoisotopic (exact) mass is 322 g/mol. The standard InChI is InChI=1S/C18H18N4O2/c1-21-18-13(9-19-21)11-22(17-5-3-2-4-16(17)20-18)10-12-6-14(23)8-15(24)7-12/h2-9,20,23-24H,10-11H2,1H3. The predicted octanol–water partition coefficient (Wildman–Crippen LogP) is 3.10. The minimum atomic E-state index is 0.0632. The highest BCUT2D eigenvalue weighted by molar-refractivity contribution is 5.77. The third-order valence-corrected chi connectivity index (χ3v) is 4.21. The van der Waals surface area contributed by atoms with Crippen molar-refractivity contribution in [3.8, 4) is 11.5 Å². The normalized spacial score (nSPS) is 13.0. The van der Waals surface area contributed by atoms with Crippen molar-refractivity contribution in [3.05, 3.63) is 59.8 Å². The van der Waals surface area contributed by atoms with Crippen LogP contribution in [0.1, 0.15) is 11.1 Å². The first-order chi connectivity index (χ1) is 11.6. The summed E-state index contributed by atoms with van der Waals surface area (Å²) in [5.74, 6) is 1.10. The van der Waals surface area contributed by atoms with Crippen LogP contribution in [0.15, 0.2) is 48.7 Å². The Bertz CT molecular complexity index is 884. The van der Waals surface area contributed by atoms with Gasteiger partial charge in [0.25, 0.3) is 0 Å². The first-order valence-electron chi connectivity index (χ1n) is 7.74. The Morgan fingerprint density at radius 1 is 1.12 bits per heavy atom. The number of benzene rings is 2. The van der Waals surface area contributed by atoms with Gasteiger partial charge < -0.3 is 20.4 Å². The zero-order chi connectivity index (χ0) is 16.7. The third-order valence-electron chi connectivity index (χ3n) is 4.21. The van der Waals surface area contributed by atoms with E-state index in [4.69, 9.17) is 0 Å². The molecule has 0 unspecified atom stereocenters. The second kappa shape index (κ2) is 5.49. The Kier molecular flexibility index (Phi) is 3.30. The SMILES string of the molecule is Cn1ncc2c1Nc1ccccc1N(Cc1cc(O)cc(O)c1)C2. The zero-order valence-corrected chi connectivity index (χ0v) is 13.3. The van der Waals surface area contributed by atoms with E-state index in [1.807, 2.05) is 36.1 Å². The van der Waals surface area contributed by atoms with Crippen molar-refractivity contribution in [1.82, 2.24) is 9.78 Å². The van der Waals surface area contributed by atoms with Crippen LogP contribution in [0.2, 0.25) is 0 Å². The molecule has 6 nitrogen and oxygen atoms in total. The van der Waals surface area contributed by atoms with Crippen molar-refractivity contribution in [3.63, 3.8) is 0 Å². The zero-order valence-electron chi connectivity index (χ0n) is 13.3. The van der Waals surface area contributed by atoms with Gasteiger partial charge in [-0.15, -0.1) is 0 Å². The van der Waals surface area contributed by atoms with E-state index in [1.165, 1.54) is 6.07 Å². The van der Waals surface area contributed by atoms with Crippen molar-refractivity contribution < 1.29 is 10.2 Å². The Hall–Kier alpha value is -3.15. The average molecular weight is 322 g/mol. The molecule has 4 rings (SSSR count). The minimum absolute atomic E-state index is 0.0632. The van der Waals surface area contributed by atoms with Gasteiger partial charge in [0.2, 0.25) is 0 Å². The quantitative estimate of drug-likeness (QED) is 0.676. The van der Waals surface area contributed by atoms with E-state index in [-0.39, 0.29) is 11.5 Å². The molecule has 0 amide bonds. The second-order valence-corrected chi connectivity index (χ2v) is 6.00. The van der Waals surface area contributed by atoms with Crippen LogP contribution in [0.5, 0.6) is 11.5 Å². The summed E-state index contributed by atoms with van der Waals surface area (Å²) in [6.07, 6.45) is 1.86. The molecule has 0 aliphatic carbocycles. The number of aromatic hydroxyl groups is 2. The average Bonchev–Trinajstić information content (AvgIpc) is 2.79. The molecule has 0 saturated carbocycles. The molecule has 0 fully saturated rings. The van der Waals surface area contributed by atoms with Crippen LogP contribution < -0.4 is 10.2 Å². The number of anilines is 3. The molecular weight excluding hydrogens is 304 g/mol. The fourth-order valence-corrected chi connectivity index (χ4v) is 3.14. The van der Waals surface area contributed by atoms with E-state index in [1.54, 1.807) is 12.1 Å². The molecule has 2 heterocycles. The van der Waals surface area contributed by atoms with Gasteiger partial charge in [0, 0.05) is 31.8 Å². The number of hydrogen-bond acceptors (Lipinski definition) is 5. The van der Waals surface area contributed by atoms with E-state index in [2.05, 4.69) is 21.4 Å². The first kappa shape index (κ1) is 14.4. The number of para-hydroxylation sites is 2. The smallest absolute Gasteiger partial charge is 0.133 e. The van der Waals surface area contributed by atoms with E-state index >= 15 is 0 Å². The summed E-state index contributed by atoms with van der Waals surface area (Å²) in [6.45, 7) is 1.25. The molecule has 3 N–H and O–H groups in total. The lowest BCUT2D eigenvalue weighted by Gasteiger charge is -2.24. The fourth-order valence-electron chi connectivity index (χ4n) is 3.14. The van der Waals surface area contributed by atoms with Gasteiger partial charge in [0.05, 0.1) is 17.6 Å². The maximum absolute atomic E-state index is 9.73. The lowest BCUT2D eigenvalue weighted by atomic mass is 10.1. The molecule has 0 saturated heterocycles. The summed E-state index contributed by atoms with van der Waals surface area (Å²) in [4.78, 5) is 2.20. The molecule has 122 valence electrons. The Morgan fingerprint density at radius 2 is 1.88 bits per heavy atom. The molecule has 3 aromatic rings. The van der Waals surface area contributed by atoms with Gasteiger partial charge in [-0.3, -0.25) is 4.68 Å². The number of phenols is 2. The minimum Gasteiger partial charge on any atom is -0.508 e. The van der Waals surface area contributed by atoms with Crippen molar-refractivity contribution in [2.75, 3.05) is 10.2 Å². The molecule has 0 atom stereocenters. The van der Waals surface area contributed by atoms with Crippen molar-refractivity contribution in [1.29, 1.82) is 0 Å². The number of fused-ring (bicyclic) bond motifs is 2. The van der Waals surface area contributed by atoms with Crippen LogP contribution in [0.3, 0.4) is 0 Å². The van der Waals surface area contributed by atoms with Gasteiger partial charge >= 0.3 is 0 Å². The number of aromatic nitrogens is 2. The number of nitrogens with zero attached hydrogens (tertiary/aromatic N) is 3. The van der Waals surface area contributed by atoms with Crippen LogP contribution in [0.4, 0.5) is 17.2 Å². The van der Waals surface area contributed by atoms with Crippen LogP contribution in [-0.2, 0) is 20.1 Å². The molecule has 0 radical (unpaired) electrons. The number of nitrogens with one attached hydrogen (secondary N) is 1. The van der Waals surface area contributed by atoms with E-state index in [0.29, 0.717) is 13.1 Å². The molecule has 0 spiro atoms. The van der Waals surface area contributed by atoms with Crippen LogP contribution in [0, 0.1) is 0 Å². The summed E-state index contributed by atoms with van der Waals surface area (Å²) < 4.78 is 1.83. The van der Waals surface area contributed by atoms with E-state index in [9.17, 15) is 10.2 Å². The number of rotatable bonds is 2. The maximum Gasteiger partial charge on any atom is 0.133 e. The largest absolute Gasteiger partial charge is 0.508 e. The molecular formula is C18H18N4O2. The highest BCUT2D eigenvalue weighted by Crippen LogP contribution is 2.36. The second-order valence-electron chi connectivity index (χ2n) is 6.00. The van der Waals surface area contributed by atoms with Gasteiger partial charge in [-0.05, 0) is 29.8 Å². The molecule has 1 aliphatic heterocycles. The first-order valence-corrected chi connectivity index (χ1v) is 7.74. The van der Waals surface area contributed by atoms with Crippen molar-refractivity contribution in [2.24, 2.45) is 7.05 Å². The lowest BCUT2D eigenvalue weighted by molar-refractivity contribution is 0.449. The Labute approximate surface area is 139 Å². The highest BCUT2D eigenvalue weighted by atomic mass is 16.3. The topological polar surface area (TPSA) is 73.6 Å². The summed E-state index contributed by atoms with van der Waals surface area (Å²) >= 11 is 0. The summed E-state index contributed by atoms with van der Waals surface area (Å²) in [6, 6.07) is 12.8. The van der Waals surface area contributed by atoms with Crippen molar-refractivity contribution in [2.45, 2.75) is 13.1 Å². The number of hydrogen-bond donors (Lipinski definition) is 3. The Morgan fingerprint density at radius 3 is 2.67 bits per heavy atom. The van der Waals surface area contributed by atoms with Gasteiger partial charge in [-0.2, -0.15) is 5.10 Å². The number of aryl methyl sites for hydroxylation is 1. The van der Waals surface area contributed by atoms with Crippen LogP contribution >= 0.6 is 0 Å². The van der Waals surface area contributed by atoms with Gasteiger partial charge in [-0.25, -0.2) is 0 Å². The maximum atomic E-state index is 9.73. The molecule has 1 aliphatic rings. The number of phenolic OH excluding ortho intramolecular Hbond substituents is 2.